The summed E-state index contributed by atoms with van der Waals surface area (Å²) in [7, 11) is 1.70. The Morgan fingerprint density at radius 2 is 1.68 bits per heavy atom. The summed E-state index contributed by atoms with van der Waals surface area (Å²) in [6.45, 7) is 2.53. The second-order valence-electron chi connectivity index (χ2n) is 6.71. The molecule has 2 saturated heterocycles. The Morgan fingerprint density at radius 1 is 0.960 bits per heavy atom. The maximum absolute atomic E-state index is 5.60. The lowest BCUT2D eigenvalue weighted by atomic mass is 9.80. The van der Waals surface area contributed by atoms with Gasteiger partial charge in [0.1, 0.15) is 5.75 Å². The molecule has 2 aromatic carbocycles. The largest absolute Gasteiger partial charge is 0.497 e. The minimum Gasteiger partial charge on any atom is -0.497 e. The van der Waals surface area contributed by atoms with Crippen molar-refractivity contribution in [1.29, 1.82) is 0 Å². The van der Waals surface area contributed by atoms with Gasteiger partial charge in [-0.2, -0.15) is 0 Å². The highest BCUT2D eigenvalue weighted by molar-refractivity contribution is 5.54. The first-order chi connectivity index (χ1) is 12.3. The minimum absolute atomic E-state index is 0.00791. The number of nitrogens with zero attached hydrogens (tertiary/aromatic N) is 1. The summed E-state index contributed by atoms with van der Waals surface area (Å²) in [6, 6.07) is 19.6. The number of ether oxygens (including phenoxy) is 3. The quantitative estimate of drug-likeness (QED) is 0.795. The van der Waals surface area contributed by atoms with Gasteiger partial charge in [-0.15, -0.1) is 0 Å². The smallest absolute Gasteiger partial charge is 0.157 e. The van der Waals surface area contributed by atoms with Crippen molar-refractivity contribution in [3.63, 3.8) is 0 Å². The molecule has 25 heavy (non-hydrogen) atoms. The topological polar surface area (TPSA) is 30.9 Å². The summed E-state index contributed by atoms with van der Waals surface area (Å²) in [5.41, 5.74) is 2.63. The van der Waals surface area contributed by atoms with Crippen molar-refractivity contribution in [3.8, 4) is 5.75 Å². The SMILES string of the molecule is COc1ccc(N2C[C@@H](CCC3OCCO3)[C@H]2c2ccccc2)cc1. The molecule has 4 heteroatoms. The summed E-state index contributed by atoms with van der Waals surface area (Å²) < 4.78 is 16.5. The van der Waals surface area contributed by atoms with E-state index in [0.29, 0.717) is 12.0 Å². The molecule has 0 unspecified atom stereocenters. The van der Waals surface area contributed by atoms with E-state index in [1.165, 1.54) is 11.3 Å². The van der Waals surface area contributed by atoms with Crippen LogP contribution in [0.3, 0.4) is 0 Å². The highest BCUT2D eigenvalue weighted by atomic mass is 16.7. The van der Waals surface area contributed by atoms with E-state index in [1.807, 2.05) is 12.1 Å². The van der Waals surface area contributed by atoms with E-state index >= 15 is 0 Å². The van der Waals surface area contributed by atoms with E-state index in [4.69, 9.17) is 14.2 Å². The molecule has 2 atom stereocenters. The summed E-state index contributed by atoms with van der Waals surface area (Å²) in [5.74, 6) is 1.52. The van der Waals surface area contributed by atoms with E-state index in [9.17, 15) is 0 Å². The number of benzene rings is 2. The first-order valence-corrected chi connectivity index (χ1v) is 9.04. The number of hydrogen-bond acceptors (Lipinski definition) is 4. The Bertz CT molecular complexity index is 667. The molecule has 0 spiro atoms. The number of methoxy groups -OCH3 is 1. The zero-order valence-electron chi connectivity index (χ0n) is 14.6. The van der Waals surface area contributed by atoms with E-state index in [1.54, 1.807) is 7.11 Å². The van der Waals surface area contributed by atoms with Gasteiger partial charge >= 0.3 is 0 Å². The summed E-state index contributed by atoms with van der Waals surface area (Å²) in [5, 5.41) is 0. The zero-order chi connectivity index (χ0) is 17.1. The third-order valence-electron chi connectivity index (χ3n) is 5.22. The number of rotatable bonds is 6. The van der Waals surface area contributed by atoms with Gasteiger partial charge in [-0.1, -0.05) is 30.3 Å². The van der Waals surface area contributed by atoms with Gasteiger partial charge in [0.05, 0.1) is 26.4 Å². The Balaban J connectivity index is 1.49. The molecule has 4 rings (SSSR count). The fourth-order valence-corrected chi connectivity index (χ4v) is 3.90. The van der Waals surface area contributed by atoms with Gasteiger partial charge in [0.2, 0.25) is 0 Å². The molecule has 0 radical (unpaired) electrons. The molecule has 0 N–H and O–H groups in total. The highest BCUT2D eigenvalue weighted by Crippen LogP contribution is 2.44. The van der Waals surface area contributed by atoms with Crippen LogP contribution in [0.5, 0.6) is 5.75 Å². The number of hydrogen-bond donors (Lipinski definition) is 0. The van der Waals surface area contributed by atoms with Crippen molar-refractivity contribution in [2.24, 2.45) is 5.92 Å². The standard InChI is InChI=1S/C21H25NO3/c1-23-19-10-8-18(9-11-19)22-15-17(7-12-20-24-13-14-25-20)21(22)16-5-3-2-4-6-16/h2-6,8-11,17,20-21H,7,12-15H2,1H3/t17-,21-/m1/s1. The van der Waals surface area contributed by atoms with Crippen molar-refractivity contribution in [1.82, 2.24) is 0 Å². The van der Waals surface area contributed by atoms with Crippen molar-refractivity contribution >= 4 is 5.69 Å². The average molecular weight is 339 g/mol. The van der Waals surface area contributed by atoms with Gasteiger partial charge in [-0.3, -0.25) is 0 Å². The van der Waals surface area contributed by atoms with E-state index in [0.717, 1.165) is 38.3 Å². The van der Waals surface area contributed by atoms with Crippen LogP contribution in [0.1, 0.15) is 24.4 Å². The molecule has 2 aromatic rings. The van der Waals surface area contributed by atoms with E-state index < -0.39 is 0 Å². The molecular formula is C21H25NO3. The highest BCUT2D eigenvalue weighted by Gasteiger charge is 2.40. The first kappa shape index (κ1) is 16.4. The number of anilines is 1. The van der Waals surface area contributed by atoms with Crippen LogP contribution in [0.25, 0.3) is 0 Å². The first-order valence-electron chi connectivity index (χ1n) is 9.04. The lowest BCUT2D eigenvalue weighted by molar-refractivity contribution is -0.0519. The van der Waals surface area contributed by atoms with Crippen LogP contribution in [0.15, 0.2) is 54.6 Å². The maximum Gasteiger partial charge on any atom is 0.157 e. The van der Waals surface area contributed by atoms with Crippen LogP contribution in [0.2, 0.25) is 0 Å². The Hall–Kier alpha value is -2.04. The maximum atomic E-state index is 5.60. The zero-order valence-corrected chi connectivity index (χ0v) is 14.6. The molecule has 2 heterocycles. The Labute approximate surface area is 149 Å². The van der Waals surface area contributed by atoms with E-state index in [2.05, 4.69) is 47.4 Å². The van der Waals surface area contributed by atoms with Crippen molar-refractivity contribution < 1.29 is 14.2 Å². The summed E-state index contributed by atoms with van der Waals surface area (Å²) in [6.07, 6.45) is 2.09. The van der Waals surface area contributed by atoms with Crippen molar-refractivity contribution in [3.05, 3.63) is 60.2 Å². The van der Waals surface area contributed by atoms with Crippen LogP contribution in [-0.4, -0.2) is 33.2 Å². The minimum atomic E-state index is -0.00791. The van der Waals surface area contributed by atoms with E-state index in [-0.39, 0.29) is 6.29 Å². The molecule has 2 aliphatic rings. The molecule has 0 bridgehead atoms. The van der Waals surface area contributed by atoms with Crippen LogP contribution in [0.4, 0.5) is 5.69 Å². The monoisotopic (exact) mass is 339 g/mol. The third-order valence-corrected chi connectivity index (χ3v) is 5.22. The molecular weight excluding hydrogens is 314 g/mol. The van der Waals surface area contributed by atoms with Gasteiger partial charge in [-0.05, 0) is 42.7 Å². The van der Waals surface area contributed by atoms with Gasteiger partial charge < -0.3 is 19.1 Å². The van der Waals surface area contributed by atoms with Gasteiger partial charge in [0.25, 0.3) is 0 Å². The molecule has 2 aliphatic heterocycles. The normalized spacial score (nSPS) is 23.5. The molecule has 0 aliphatic carbocycles. The summed E-state index contributed by atoms with van der Waals surface area (Å²) >= 11 is 0. The lowest BCUT2D eigenvalue weighted by Gasteiger charge is -2.50. The fraction of sp³-hybridized carbons (Fsp3) is 0.429. The Morgan fingerprint density at radius 3 is 2.36 bits per heavy atom. The predicted molar refractivity (Wildman–Crippen MR) is 97.9 cm³/mol. The third kappa shape index (κ3) is 3.51. The molecule has 132 valence electrons. The van der Waals surface area contributed by atoms with Crippen LogP contribution in [-0.2, 0) is 9.47 Å². The molecule has 0 amide bonds. The van der Waals surface area contributed by atoms with Gasteiger partial charge in [-0.25, -0.2) is 0 Å². The van der Waals surface area contributed by atoms with Crippen molar-refractivity contribution in [2.75, 3.05) is 31.8 Å². The van der Waals surface area contributed by atoms with Crippen LogP contribution in [0, 0.1) is 5.92 Å². The van der Waals surface area contributed by atoms with Gasteiger partial charge in [0.15, 0.2) is 6.29 Å². The van der Waals surface area contributed by atoms with Crippen molar-refractivity contribution in [2.45, 2.75) is 25.2 Å². The molecule has 0 saturated carbocycles. The second-order valence-corrected chi connectivity index (χ2v) is 6.71. The summed E-state index contributed by atoms with van der Waals surface area (Å²) in [4.78, 5) is 2.48. The molecule has 2 fully saturated rings. The second kappa shape index (κ2) is 7.46. The van der Waals surface area contributed by atoms with Gasteiger partial charge in [0, 0.05) is 18.2 Å². The van der Waals surface area contributed by atoms with Crippen LogP contribution < -0.4 is 9.64 Å². The van der Waals surface area contributed by atoms with Crippen LogP contribution >= 0.6 is 0 Å². The average Bonchev–Trinajstić information content (AvgIpc) is 3.16. The lowest BCUT2D eigenvalue weighted by Crippen LogP contribution is -2.50. The molecule has 4 nitrogen and oxygen atoms in total. The molecule has 0 aromatic heterocycles. The fourth-order valence-electron chi connectivity index (χ4n) is 3.90. The Kier molecular flexibility index (Phi) is 4.90. The predicted octanol–water partition coefficient (Wildman–Crippen LogP) is 4.03.